The molecule has 2 atom stereocenters. The average Bonchev–Trinajstić information content (AvgIpc) is 2.55. The van der Waals surface area contributed by atoms with Gasteiger partial charge in [0.25, 0.3) is 0 Å². The van der Waals surface area contributed by atoms with Crippen LogP contribution >= 0.6 is 0 Å². The van der Waals surface area contributed by atoms with Crippen LogP contribution in [0.15, 0.2) is 24.3 Å². The van der Waals surface area contributed by atoms with Crippen LogP contribution in [-0.2, 0) is 4.74 Å². The number of likely N-dealkylation sites (N-methyl/N-ethyl adjacent to an activating group) is 1. The molecule has 0 spiro atoms. The van der Waals surface area contributed by atoms with Gasteiger partial charge in [0, 0.05) is 33.8 Å². The van der Waals surface area contributed by atoms with E-state index in [1.807, 2.05) is 7.11 Å². The standard InChI is InChI=1S/C17H27N3O/c1-19-10-11-20(16-8-4-3-7-15(16)19)17(13-18)9-5-6-14(12-17)21-2/h3-4,7-8,14H,5-6,9-13,18H2,1-2H3. The maximum absolute atomic E-state index is 6.27. The summed E-state index contributed by atoms with van der Waals surface area (Å²) in [7, 11) is 4.00. The fraction of sp³-hybridized carbons (Fsp3) is 0.647. The van der Waals surface area contributed by atoms with Crippen molar-refractivity contribution in [3.05, 3.63) is 24.3 Å². The van der Waals surface area contributed by atoms with Crippen LogP contribution < -0.4 is 15.5 Å². The lowest BCUT2D eigenvalue weighted by Crippen LogP contribution is -2.60. The topological polar surface area (TPSA) is 41.7 Å². The molecule has 4 nitrogen and oxygen atoms in total. The van der Waals surface area contributed by atoms with E-state index in [9.17, 15) is 0 Å². The van der Waals surface area contributed by atoms with E-state index in [1.54, 1.807) is 0 Å². The van der Waals surface area contributed by atoms with Gasteiger partial charge in [-0.05, 0) is 37.8 Å². The Morgan fingerprint density at radius 1 is 1.29 bits per heavy atom. The maximum Gasteiger partial charge on any atom is 0.0609 e. The number of ether oxygens (including phenoxy) is 1. The summed E-state index contributed by atoms with van der Waals surface area (Å²) in [5.74, 6) is 0. The molecule has 21 heavy (non-hydrogen) atoms. The molecule has 2 unspecified atom stereocenters. The Labute approximate surface area is 127 Å². The van der Waals surface area contributed by atoms with Crippen molar-refractivity contribution < 1.29 is 4.74 Å². The van der Waals surface area contributed by atoms with E-state index in [-0.39, 0.29) is 5.54 Å². The summed E-state index contributed by atoms with van der Waals surface area (Å²) >= 11 is 0. The molecule has 2 N–H and O–H groups in total. The third kappa shape index (κ3) is 2.51. The molecule has 2 aliphatic rings. The Kier molecular flexibility index (Phi) is 4.09. The van der Waals surface area contributed by atoms with E-state index >= 15 is 0 Å². The lowest BCUT2D eigenvalue weighted by atomic mass is 9.78. The summed E-state index contributed by atoms with van der Waals surface area (Å²) in [4.78, 5) is 4.90. The minimum Gasteiger partial charge on any atom is -0.381 e. The first-order chi connectivity index (χ1) is 10.2. The molecule has 1 fully saturated rings. The Morgan fingerprint density at radius 2 is 2.05 bits per heavy atom. The van der Waals surface area contributed by atoms with Crippen molar-refractivity contribution in [2.75, 3.05) is 43.6 Å². The third-order valence-corrected chi connectivity index (χ3v) is 5.30. The Balaban J connectivity index is 1.96. The molecule has 1 aromatic rings. The number of benzene rings is 1. The molecule has 0 amide bonds. The molecular weight excluding hydrogens is 262 g/mol. The second-order valence-electron chi connectivity index (χ2n) is 6.44. The summed E-state index contributed by atoms with van der Waals surface area (Å²) in [6.07, 6.45) is 4.91. The van der Waals surface area contributed by atoms with Crippen molar-refractivity contribution in [2.24, 2.45) is 5.73 Å². The maximum atomic E-state index is 6.27. The smallest absolute Gasteiger partial charge is 0.0609 e. The van der Waals surface area contributed by atoms with E-state index in [4.69, 9.17) is 10.5 Å². The molecule has 0 saturated heterocycles. The van der Waals surface area contributed by atoms with Crippen LogP contribution in [0.1, 0.15) is 25.7 Å². The van der Waals surface area contributed by atoms with Gasteiger partial charge in [0.15, 0.2) is 0 Å². The van der Waals surface area contributed by atoms with Gasteiger partial charge in [-0.15, -0.1) is 0 Å². The van der Waals surface area contributed by atoms with Gasteiger partial charge in [0.2, 0.25) is 0 Å². The molecule has 116 valence electrons. The highest BCUT2D eigenvalue weighted by molar-refractivity contribution is 5.74. The minimum atomic E-state index is 0.0519. The molecule has 0 radical (unpaired) electrons. The second kappa shape index (κ2) is 5.85. The minimum absolute atomic E-state index is 0.0519. The van der Waals surface area contributed by atoms with Crippen LogP contribution in [0.2, 0.25) is 0 Å². The van der Waals surface area contributed by atoms with Gasteiger partial charge in [0.05, 0.1) is 23.0 Å². The number of hydrogen-bond acceptors (Lipinski definition) is 4. The van der Waals surface area contributed by atoms with Crippen molar-refractivity contribution in [1.29, 1.82) is 0 Å². The zero-order chi connectivity index (χ0) is 14.9. The quantitative estimate of drug-likeness (QED) is 0.926. The van der Waals surface area contributed by atoms with Crippen molar-refractivity contribution in [3.63, 3.8) is 0 Å². The van der Waals surface area contributed by atoms with E-state index in [1.165, 1.54) is 24.2 Å². The van der Waals surface area contributed by atoms with Gasteiger partial charge in [-0.25, -0.2) is 0 Å². The van der Waals surface area contributed by atoms with Crippen LogP contribution in [0.25, 0.3) is 0 Å². The van der Waals surface area contributed by atoms with Gasteiger partial charge in [0.1, 0.15) is 0 Å². The molecular formula is C17H27N3O. The first-order valence-electron chi connectivity index (χ1n) is 8.01. The number of para-hydroxylation sites is 2. The van der Waals surface area contributed by atoms with Gasteiger partial charge in [-0.2, -0.15) is 0 Å². The highest BCUT2D eigenvalue weighted by atomic mass is 16.5. The molecule has 1 aliphatic heterocycles. The highest BCUT2D eigenvalue weighted by Crippen LogP contribution is 2.42. The normalized spacial score (nSPS) is 29.4. The molecule has 3 rings (SSSR count). The second-order valence-corrected chi connectivity index (χ2v) is 6.44. The predicted molar refractivity (Wildman–Crippen MR) is 88.1 cm³/mol. The van der Waals surface area contributed by atoms with Crippen LogP contribution in [0.3, 0.4) is 0 Å². The Hall–Kier alpha value is -1.26. The van der Waals surface area contributed by atoms with Gasteiger partial charge in [-0.3, -0.25) is 0 Å². The van der Waals surface area contributed by atoms with E-state index in [2.05, 4.69) is 41.1 Å². The first kappa shape index (κ1) is 14.7. The molecule has 1 saturated carbocycles. The van der Waals surface area contributed by atoms with E-state index in [0.717, 1.165) is 25.9 Å². The van der Waals surface area contributed by atoms with Crippen LogP contribution in [0.4, 0.5) is 11.4 Å². The summed E-state index contributed by atoms with van der Waals surface area (Å²) in [5, 5.41) is 0. The Bertz CT molecular complexity index is 493. The molecule has 4 heteroatoms. The zero-order valence-corrected chi connectivity index (χ0v) is 13.2. The largest absolute Gasteiger partial charge is 0.381 e. The summed E-state index contributed by atoms with van der Waals surface area (Å²) in [6.45, 7) is 2.79. The van der Waals surface area contributed by atoms with Crippen molar-refractivity contribution >= 4 is 11.4 Å². The van der Waals surface area contributed by atoms with Crippen LogP contribution in [-0.4, -0.2) is 45.4 Å². The molecule has 0 bridgehead atoms. The van der Waals surface area contributed by atoms with E-state index < -0.39 is 0 Å². The summed E-state index contributed by atoms with van der Waals surface area (Å²) < 4.78 is 5.66. The average molecular weight is 289 g/mol. The Morgan fingerprint density at radius 3 is 2.76 bits per heavy atom. The number of rotatable bonds is 3. The number of anilines is 2. The van der Waals surface area contributed by atoms with Crippen molar-refractivity contribution in [2.45, 2.75) is 37.3 Å². The first-order valence-corrected chi connectivity index (χ1v) is 8.01. The number of hydrogen-bond donors (Lipinski definition) is 1. The molecule has 1 aliphatic carbocycles. The van der Waals surface area contributed by atoms with Crippen LogP contribution in [0.5, 0.6) is 0 Å². The zero-order valence-electron chi connectivity index (χ0n) is 13.2. The SMILES string of the molecule is COC1CCCC(CN)(N2CCN(C)c3ccccc32)C1. The monoisotopic (exact) mass is 289 g/mol. The number of methoxy groups -OCH3 is 1. The number of fused-ring (bicyclic) bond motifs is 1. The predicted octanol–water partition coefficient (Wildman–Crippen LogP) is 2.23. The lowest BCUT2D eigenvalue weighted by molar-refractivity contribution is 0.0410. The van der Waals surface area contributed by atoms with Gasteiger partial charge in [-0.1, -0.05) is 12.1 Å². The van der Waals surface area contributed by atoms with E-state index in [0.29, 0.717) is 12.6 Å². The fourth-order valence-corrected chi connectivity index (χ4v) is 4.03. The summed E-state index contributed by atoms with van der Waals surface area (Å²) in [5.41, 5.74) is 8.96. The lowest BCUT2D eigenvalue weighted by Gasteiger charge is -2.52. The van der Waals surface area contributed by atoms with Gasteiger partial charge >= 0.3 is 0 Å². The molecule has 1 heterocycles. The fourth-order valence-electron chi connectivity index (χ4n) is 4.03. The highest BCUT2D eigenvalue weighted by Gasteiger charge is 2.42. The third-order valence-electron chi connectivity index (χ3n) is 5.30. The van der Waals surface area contributed by atoms with Gasteiger partial charge < -0.3 is 20.3 Å². The number of nitrogens with two attached hydrogens (primary N) is 1. The number of nitrogens with zero attached hydrogens (tertiary/aromatic N) is 2. The van der Waals surface area contributed by atoms with Crippen molar-refractivity contribution in [1.82, 2.24) is 0 Å². The summed E-state index contributed by atoms with van der Waals surface area (Å²) in [6, 6.07) is 8.69. The van der Waals surface area contributed by atoms with Crippen LogP contribution in [0, 0.1) is 0 Å². The van der Waals surface area contributed by atoms with Crippen molar-refractivity contribution in [3.8, 4) is 0 Å². The molecule has 0 aromatic heterocycles. The molecule has 1 aromatic carbocycles.